The van der Waals surface area contributed by atoms with Crippen molar-refractivity contribution in [3.05, 3.63) is 48.0 Å². The van der Waals surface area contributed by atoms with Gasteiger partial charge in [-0.15, -0.1) is 0 Å². The van der Waals surface area contributed by atoms with E-state index in [1.54, 1.807) is 0 Å². The number of benzene rings is 1. The van der Waals surface area contributed by atoms with Crippen molar-refractivity contribution in [3.8, 4) is 0 Å². The van der Waals surface area contributed by atoms with Crippen LogP contribution in [0.15, 0.2) is 42.5 Å². The average molecular weight is 206 g/mol. The van der Waals surface area contributed by atoms with Crippen LogP contribution in [0.2, 0.25) is 0 Å². The molecule has 0 unspecified atom stereocenters. The molecule has 0 radical (unpaired) electrons. The Morgan fingerprint density at radius 3 is 2.67 bits per heavy atom. The van der Waals surface area contributed by atoms with E-state index in [0.717, 1.165) is 12.8 Å². The van der Waals surface area contributed by atoms with Crippen molar-refractivity contribution in [3.63, 3.8) is 0 Å². The van der Waals surface area contributed by atoms with Crippen LogP contribution < -0.4 is 0 Å². The Hall–Kier alpha value is -1.12. The summed E-state index contributed by atoms with van der Waals surface area (Å²) >= 11 is 0. The predicted octanol–water partition coefficient (Wildman–Crippen LogP) is 2.53. The summed E-state index contributed by atoms with van der Waals surface area (Å²) in [6, 6.07) is 10.1. The minimum Gasteiger partial charge on any atom is -0.396 e. The number of ether oxygens (including phenoxy) is 1. The summed E-state index contributed by atoms with van der Waals surface area (Å²) in [5.41, 5.74) is 1.20. The molecule has 1 aromatic rings. The highest BCUT2D eigenvalue weighted by molar-refractivity contribution is 5.13. The van der Waals surface area contributed by atoms with Crippen molar-refractivity contribution in [2.75, 3.05) is 13.2 Å². The van der Waals surface area contributed by atoms with Gasteiger partial charge in [0.15, 0.2) is 0 Å². The zero-order chi connectivity index (χ0) is 10.8. The maximum absolute atomic E-state index is 8.55. The molecule has 0 saturated carbocycles. The van der Waals surface area contributed by atoms with Crippen molar-refractivity contribution in [1.82, 2.24) is 0 Å². The average Bonchev–Trinajstić information content (AvgIpc) is 2.29. The molecule has 1 rings (SSSR count). The molecule has 0 saturated heterocycles. The lowest BCUT2D eigenvalue weighted by atomic mass is 10.2. The summed E-state index contributed by atoms with van der Waals surface area (Å²) in [7, 11) is 0. The van der Waals surface area contributed by atoms with Gasteiger partial charge in [0.05, 0.1) is 13.2 Å². The standard InChI is InChI=1S/C13H18O2/c14-10-6-1-2-7-11-15-12-13-8-4-3-5-9-13/h2-5,7-9,14H,1,6,10-12H2. The van der Waals surface area contributed by atoms with Gasteiger partial charge >= 0.3 is 0 Å². The van der Waals surface area contributed by atoms with Crippen LogP contribution in [0.5, 0.6) is 0 Å². The molecular weight excluding hydrogens is 188 g/mol. The molecule has 0 amide bonds. The zero-order valence-corrected chi connectivity index (χ0v) is 8.93. The zero-order valence-electron chi connectivity index (χ0n) is 8.93. The molecule has 0 aromatic heterocycles. The molecular formula is C13H18O2. The summed E-state index contributed by atoms with van der Waals surface area (Å²) in [5, 5.41) is 8.55. The molecule has 82 valence electrons. The monoisotopic (exact) mass is 206 g/mol. The van der Waals surface area contributed by atoms with Gasteiger partial charge in [-0.25, -0.2) is 0 Å². The Morgan fingerprint density at radius 2 is 1.93 bits per heavy atom. The molecule has 1 N–H and O–H groups in total. The first-order valence-corrected chi connectivity index (χ1v) is 5.31. The fraction of sp³-hybridized carbons (Fsp3) is 0.385. The minimum atomic E-state index is 0.259. The van der Waals surface area contributed by atoms with Crippen LogP contribution in [0.25, 0.3) is 0 Å². The van der Waals surface area contributed by atoms with Gasteiger partial charge in [0, 0.05) is 6.61 Å². The topological polar surface area (TPSA) is 29.5 Å². The van der Waals surface area contributed by atoms with E-state index in [2.05, 4.69) is 12.1 Å². The SMILES string of the molecule is OCCCC=CCOCc1ccccc1. The van der Waals surface area contributed by atoms with E-state index in [0.29, 0.717) is 13.2 Å². The number of unbranched alkanes of at least 4 members (excludes halogenated alkanes) is 1. The third-order valence-electron chi connectivity index (χ3n) is 2.02. The Labute approximate surface area is 91.2 Å². The van der Waals surface area contributed by atoms with Gasteiger partial charge < -0.3 is 9.84 Å². The van der Waals surface area contributed by atoms with E-state index in [-0.39, 0.29) is 6.61 Å². The van der Waals surface area contributed by atoms with Crippen molar-refractivity contribution in [1.29, 1.82) is 0 Å². The molecule has 0 atom stereocenters. The lowest BCUT2D eigenvalue weighted by Gasteiger charge is -2.00. The van der Waals surface area contributed by atoms with Gasteiger partial charge in [0.25, 0.3) is 0 Å². The summed E-state index contributed by atoms with van der Waals surface area (Å²) in [5.74, 6) is 0. The second-order valence-corrected chi connectivity index (χ2v) is 3.34. The highest BCUT2D eigenvalue weighted by atomic mass is 16.5. The smallest absolute Gasteiger partial charge is 0.0721 e. The molecule has 0 fully saturated rings. The molecule has 2 nitrogen and oxygen atoms in total. The van der Waals surface area contributed by atoms with Crippen LogP contribution in [-0.4, -0.2) is 18.3 Å². The van der Waals surface area contributed by atoms with Gasteiger partial charge in [0.1, 0.15) is 0 Å². The molecule has 0 heterocycles. The summed E-state index contributed by atoms with van der Waals surface area (Å²) in [6.45, 7) is 1.56. The highest BCUT2D eigenvalue weighted by Gasteiger charge is 1.88. The van der Waals surface area contributed by atoms with E-state index in [1.165, 1.54) is 5.56 Å². The predicted molar refractivity (Wildman–Crippen MR) is 61.6 cm³/mol. The largest absolute Gasteiger partial charge is 0.396 e. The molecule has 15 heavy (non-hydrogen) atoms. The molecule has 0 bridgehead atoms. The fourth-order valence-corrected chi connectivity index (χ4v) is 1.21. The number of aliphatic hydroxyl groups is 1. The molecule has 0 aliphatic rings. The number of hydrogen-bond acceptors (Lipinski definition) is 2. The number of allylic oxidation sites excluding steroid dienone is 1. The van der Waals surface area contributed by atoms with Gasteiger partial charge in [-0.05, 0) is 18.4 Å². The molecule has 0 aliphatic heterocycles. The van der Waals surface area contributed by atoms with Crippen LogP contribution in [0.3, 0.4) is 0 Å². The number of rotatable bonds is 7. The van der Waals surface area contributed by atoms with E-state index in [4.69, 9.17) is 9.84 Å². The summed E-state index contributed by atoms with van der Waals surface area (Å²) in [6.07, 6.45) is 5.79. The Balaban J connectivity index is 2.04. The van der Waals surface area contributed by atoms with E-state index >= 15 is 0 Å². The van der Waals surface area contributed by atoms with Crippen LogP contribution >= 0.6 is 0 Å². The van der Waals surface area contributed by atoms with Crippen molar-refractivity contribution >= 4 is 0 Å². The lowest BCUT2D eigenvalue weighted by Crippen LogP contribution is -1.92. The molecule has 1 aromatic carbocycles. The lowest BCUT2D eigenvalue weighted by molar-refractivity contribution is 0.148. The Kier molecular flexibility index (Phi) is 6.54. The second kappa shape index (κ2) is 8.21. The normalized spacial score (nSPS) is 11.0. The summed E-state index contributed by atoms with van der Waals surface area (Å²) < 4.78 is 5.45. The van der Waals surface area contributed by atoms with Crippen molar-refractivity contribution in [2.24, 2.45) is 0 Å². The van der Waals surface area contributed by atoms with Crippen LogP contribution in [0, 0.1) is 0 Å². The Morgan fingerprint density at radius 1 is 1.13 bits per heavy atom. The van der Waals surface area contributed by atoms with Gasteiger partial charge in [0.2, 0.25) is 0 Å². The highest BCUT2D eigenvalue weighted by Crippen LogP contribution is 2.00. The van der Waals surface area contributed by atoms with E-state index < -0.39 is 0 Å². The van der Waals surface area contributed by atoms with Crippen LogP contribution in [-0.2, 0) is 11.3 Å². The van der Waals surface area contributed by atoms with Crippen LogP contribution in [0.4, 0.5) is 0 Å². The van der Waals surface area contributed by atoms with Gasteiger partial charge in [-0.2, -0.15) is 0 Å². The van der Waals surface area contributed by atoms with Crippen LogP contribution in [0.1, 0.15) is 18.4 Å². The maximum atomic E-state index is 8.55. The van der Waals surface area contributed by atoms with Gasteiger partial charge in [-0.3, -0.25) is 0 Å². The first-order valence-electron chi connectivity index (χ1n) is 5.31. The van der Waals surface area contributed by atoms with Gasteiger partial charge in [-0.1, -0.05) is 42.5 Å². The first-order chi connectivity index (χ1) is 7.43. The Bertz CT molecular complexity index is 267. The minimum absolute atomic E-state index is 0.259. The number of hydrogen-bond donors (Lipinski definition) is 1. The van der Waals surface area contributed by atoms with E-state index in [1.807, 2.05) is 30.4 Å². The third kappa shape index (κ3) is 6.05. The quantitative estimate of drug-likeness (QED) is 0.548. The maximum Gasteiger partial charge on any atom is 0.0721 e. The van der Waals surface area contributed by atoms with Crippen molar-refractivity contribution < 1.29 is 9.84 Å². The third-order valence-corrected chi connectivity index (χ3v) is 2.02. The molecule has 0 aliphatic carbocycles. The molecule has 2 heteroatoms. The molecule has 0 spiro atoms. The second-order valence-electron chi connectivity index (χ2n) is 3.34. The fourth-order valence-electron chi connectivity index (χ4n) is 1.21. The number of aliphatic hydroxyl groups excluding tert-OH is 1. The van der Waals surface area contributed by atoms with E-state index in [9.17, 15) is 0 Å². The first kappa shape index (κ1) is 12.0. The van der Waals surface area contributed by atoms with Crippen molar-refractivity contribution in [2.45, 2.75) is 19.4 Å². The summed E-state index contributed by atoms with van der Waals surface area (Å²) in [4.78, 5) is 0.